The standard InChI is InChI=1S/C14H20N2O/c1-11(2)15-8-7-14(17)16-9-12-5-3-4-6-13(12)10-16/h3-6,11,15H,7-10H2,1-2H3. The van der Waals surface area contributed by atoms with Crippen LogP contribution in [-0.4, -0.2) is 23.4 Å². The summed E-state index contributed by atoms with van der Waals surface area (Å²) in [6, 6.07) is 8.73. The zero-order chi connectivity index (χ0) is 12.3. The van der Waals surface area contributed by atoms with Crippen molar-refractivity contribution in [2.24, 2.45) is 0 Å². The third kappa shape index (κ3) is 3.07. The van der Waals surface area contributed by atoms with E-state index in [1.165, 1.54) is 11.1 Å². The lowest BCUT2D eigenvalue weighted by atomic mass is 10.1. The summed E-state index contributed by atoms with van der Waals surface area (Å²) in [6.07, 6.45) is 0.589. The van der Waals surface area contributed by atoms with E-state index in [0.29, 0.717) is 12.5 Å². The van der Waals surface area contributed by atoms with E-state index in [-0.39, 0.29) is 5.91 Å². The predicted molar refractivity (Wildman–Crippen MR) is 68.5 cm³/mol. The van der Waals surface area contributed by atoms with E-state index in [4.69, 9.17) is 0 Å². The van der Waals surface area contributed by atoms with Gasteiger partial charge in [-0.2, -0.15) is 0 Å². The number of amides is 1. The summed E-state index contributed by atoms with van der Waals surface area (Å²) in [7, 11) is 0. The Balaban J connectivity index is 1.84. The molecule has 0 unspecified atom stereocenters. The van der Waals surface area contributed by atoms with Gasteiger partial charge in [-0.15, -0.1) is 0 Å². The van der Waals surface area contributed by atoms with Gasteiger partial charge in [0, 0.05) is 32.1 Å². The first-order chi connectivity index (χ1) is 8.16. The minimum atomic E-state index is 0.245. The van der Waals surface area contributed by atoms with Crippen molar-refractivity contribution < 1.29 is 4.79 Å². The van der Waals surface area contributed by atoms with Crippen LogP contribution in [0.25, 0.3) is 0 Å². The summed E-state index contributed by atoms with van der Waals surface area (Å²) in [5, 5.41) is 3.27. The molecule has 0 aromatic heterocycles. The Morgan fingerprint density at radius 3 is 2.41 bits per heavy atom. The molecule has 3 nitrogen and oxygen atoms in total. The number of benzene rings is 1. The second-order valence-corrected chi connectivity index (χ2v) is 4.88. The molecule has 0 bridgehead atoms. The van der Waals surface area contributed by atoms with Crippen LogP contribution < -0.4 is 5.32 Å². The van der Waals surface area contributed by atoms with E-state index in [1.54, 1.807) is 0 Å². The number of carbonyl (C=O) groups is 1. The third-order valence-electron chi connectivity index (χ3n) is 3.08. The number of hydrogen-bond acceptors (Lipinski definition) is 2. The Kier molecular flexibility index (Phi) is 3.79. The maximum absolute atomic E-state index is 12.0. The van der Waals surface area contributed by atoms with Crippen molar-refractivity contribution in [1.82, 2.24) is 10.2 Å². The number of hydrogen-bond donors (Lipinski definition) is 1. The highest BCUT2D eigenvalue weighted by Crippen LogP contribution is 2.22. The van der Waals surface area contributed by atoms with Crippen LogP contribution in [0.3, 0.4) is 0 Å². The second kappa shape index (κ2) is 5.32. The third-order valence-corrected chi connectivity index (χ3v) is 3.08. The molecule has 1 heterocycles. The fourth-order valence-corrected chi connectivity index (χ4v) is 2.14. The summed E-state index contributed by atoms with van der Waals surface area (Å²) >= 11 is 0. The summed E-state index contributed by atoms with van der Waals surface area (Å²) in [5.74, 6) is 0.245. The zero-order valence-electron chi connectivity index (χ0n) is 10.6. The van der Waals surface area contributed by atoms with Gasteiger partial charge < -0.3 is 10.2 Å². The molecule has 3 heteroatoms. The van der Waals surface area contributed by atoms with Crippen molar-refractivity contribution in [2.75, 3.05) is 6.54 Å². The van der Waals surface area contributed by atoms with Crippen LogP contribution in [0.4, 0.5) is 0 Å². The molecule has 0 aliphatic carbocycles. The predicted octanol–water partition coefficient (Wildman–Crippen LogP) is 1.92. The quantitative estimate of drug-likeness (QED) is 0.860. The van der Waals surface area contributed by atoms with Crippen LogP contribution in [0, 0.1) is 0 Å². The molecule has 0 fully saturated rings. The van der Waals surface area contributed by atoms with Gasteiger partial charge in [0.15, 0.2) is 0 Å². The first kappa shape index (κ1) is 12.1. The number of fused-ring (bicyclic) bond motifs is 1. The largest absolute Gasteiger partial charge is 0.334 e. The average Bonchev–Trinajstić information content (AvgIpc) is 2.71. The van der Waals surface area contributed by atoms with Gasteiger partial charge in [-0.25, -0.2) is 0 Å². The molecule has 1 aromatic rings. The summed E-state index contributed by atoms with van der Waals surface area (Å²) in [6.45, 7) is 6.50. The maximum Gasteiger partial charge on any atom is 0.224 e. The van der Waals surface area contributed by atoms with Crippen molar-refractivity contribution in [3.05, 3.63) is 35.4 Å². The first-order valence-corrected chi connectivity index (χ1v) is 6.25. The van der Waals surface area contributed by atoms with Crippen LogP contribution in [0.1, 0.15) is 31.4 Å². The van der Waals surface area contributed by atoms with Crippen LogP contribution in [0.2, 0.25) is 0 Å². The number of nitrogens with one attached hydrogen (secondary N) is 1. The fourth-order valence-electron chi connectivity index (χ4n) is 2.14. The van der Waals surface area contributed by atoms with Crippen molar-refractivity contribution in [2.45, 2.75) is 39.4 Å². The summed E-state index contributed by atoms with van der Waals surface area (Å²) in [4.78, 5) is 13.9. The van der Waals surface area contributed by atoms with E-state index in [9.17, 15) is 4.79 Å². The minimum Gasteiger partial charge on any atom is -0.334 e. The molecule has 0 saturated heterocycles. The van der Waals surface area contributed by atoms with E-state index >= 15 is 0 Å². The van der Waals surface area contributed by atoms with Crippen molar-refractivity contribution in [3.63, 3.8) is 0 Å². The van der Waals surface area contributed by atoms with E-state index in [0.717, 1.165) is 19.6 Å². The van der Waals surface area contributed by atoms with Crippen LogP contribution in [0.5, 0.6) is 0 Å². The van der Waals surface area contributed by atoms with Gasteiger partial charge in [-0.05, 0) is 11.1 Å². The Labute approximate surface area is 103 Å². The Hall–Kier alpha value is -1.35. The van der Waals surface area contributed by atoms with Gasteiger partial charge in [-0.1, -0.05) is 38.1 Å². The van der Waals surface area contributed by atoms with Gasteiger partial charge in [0.25, 0.3) is 0 Å². The molecule has 1 N–H and O–H groups in total. The van der Waals surface area contributed by atoms with E-state index < -0.39 is 0 Å². The zero-order valence-corrected chi connectivity index (χ0v) is 10.6. The van der Waals surface area contributed by atoms with Crippen LogP contribution in [0.15, 0.2) is 24.3 Å². The lowest BCUT2D eigenvalue weighted by Crippen LogP contribution is -2.31. The smallest absolute Gasteiger partial charge is 0.224 e. The molecule has 1 aromatic carbocycles. The molecule has 0 spiro atoms. The van der Waals surface area contributed by atoms with Crippen molar-refractivity contribution in [3.8, 4) is 0 Å². The average molecular weight is 232 g/mol. The number of nitrogens with zero attached hydrogens (tertiary/aromatic N) is 1. The molecular formula is C14H20N2O. The molecule has 0 saturated carbocycles. The van der Waals surface area contributed by atoms with Gasteiger partial charge in [0.2, 0.25) is 5.91 Å². The fraction of sp³-hybridized carbons (Fsp3) is 0.500. The highest BCUT2D eigenvalue weighted by Gasteiger charge is 2.22. The Morgan fingerprint density at radius 1 is 1.29 bits per heavy atom. The summed E-state index contributed by atoms with van der Waals surface area (Å²) < 4.78 is 0. The lowest BCUT2D eigenvalue weighted by molar-refractivity contribution is -0.131. The lowest BCUT2D eigenvalue weighted by Gasteiger charge is -2.16. The SMILES string of the molecule is CC(C)NCCC(=O)N1Cc2ccccc2C1. The molecule has 1 aliphatic rings. The minimum absolute atomic E-state index is 0.245. The van der Waals surface area contributed by atoms with Gasteiger partial charge in [0.05, 0.1) is 0 Å². The monoisotopic (exact) mass is 232 g/mol. The second-order valence-electron chi connectivity index (χ2n) is 4.88. The van der Waals surface area contributed by atoms with Crippen molar-refractivity contribution >= 4 is 5.91 Å². The number of rotatable bonds is 4. The molecule has 17 heavy (non-hydrogen) atoms. The van der Waals surface area contributed by atoms with Crippen LogP contribution >= 0.6 is 0 Å². The van der Waals surface area contributed by atoms with E-state index in [1.807, 2.05) is 17.0 Å². The molecule has 1 amide bonds. The molecule has 1 aliphatic heterocycles. The topological polar surface area (TPSA) is 32.3 Å². The molecule has 0 atom stereocenters. The number of carbonyl (C=O) groups excluding carboxylic acids is 1. The molecule has 92 valence electrons. The van der Waals surface area contributed by atoms with E-state index in [2.05, 4.69) is 31.3 Å². The first-order valence-electron chi connectivity index (χ1n) is 6.25. The highest BCUT2D eigenvalue weighted by atomic mass is 16.2. The van der Waals surface area contributed by atoms with Gasteiger partial charge >= 0.3 is 0 Å². The van der Waals surface area contributed by atoms with Crippen LogP contribution in [-0.2, 0) is 17.9 Å². The molecule has 2 rings (SSSR count). The summed E-state index contributed by atoms with van der Waals surface area (Å²) in [5.41, 5.74) is 2.58. The highest BCUT2D eigenvalue weighted by molar-refractivity contribution is 5.77. The molecule has 0 radical (unpaired) electrons. The maximum atomic E-state index is 12.0. The Bertz CT molecular complexity index is 376. The van der Waals surface area contributed by atoms with Crippen molar-refractivity contribution in [1.29, 1.82) is 0 Å². The Morgan fingerprint density at radius 2 is 1.88 bits per heavy atom. The molecular weight excluding hydrogens is 212 g/mol. The van der Waals surface area contributed by atoms with Gasteiger partial charge in [-0.3, -0.25) is 4.79 Å². The normalized spacial score (nSPS) is 14.2. The van der Waals surface area contributed by atoms with Gasteiger partial charge in [0.1, 0.15) is 0 Å².